The molecule has 0 bridgehead atoms. The molecule has 0 aliphatic carbocycles. The van der Waals surface area contributed by atoms with Crippen molar-refractivity contribution in [1.82, 2.24) is 14.8 Å². The van der Waals surface area contributed by atoms with Gasteiger partial charge in [-0.15, -0.1) is 0 Å². The maximum atomic E-state index is 12.4. The van der Waals surface area contributed by atoms with E-state index < -0.39 is 0 Å². The molecule has 1 aromatic rings. The first-order valence-corrected chi connectivity index (χ1v) is 9.01. The van der Waals surface area contributed by atoms with E-state index in [0.29, 0.717) is 13.0 Å². The number of hydrogen-bond donors (Lipinski definition) is 0. The number of methoxy groups -OCH3 is 1. The number of amides is 2. The van der Waals surface area contributed by atoms with E-state index in [4.69, 9.17) is 4.74 Å². The fourth-order valence-electron chi connectivity index (χ4n) is 3.92. The van der Waals surface area contributed by atoms with E-state index in [9.17, 15) is 9.59 Å². The number of carbonyl (C=O) groups is 2. The summed E-state index contributed by atoms with van der Waals surface area (Å²) in [5.41, 5.74) is 1.26. The van der Waals surface area contributed by atoms with Gasteiger partial charge in [-0.05, 0) is 49.3 Å². The lowest BCUT2D eigenvalue weighted by Gasteiger charge is -2.47. The quantitative estimate of drug-likeness (QED) is 0.835. The topological polar surface area (TPSA) is 62.7 Å². The van der Waals surface area contributed by atoms with Crippen molar-refractivity contribution in [2.45, 2.75) is 45.3 Å². The molecule has 3 rings (SSSR count). The maximum Gasteiger partial charge on any atom is 0.251 e. The van der Waals surface area contributed by atoms with Crippen LogP contribution in [0.1, 0.15) is 38.2 Å². The van der Waals surface area contributed by atoms with Gasteiger partial charge in [0.2, 0.25) is 5.91 Å². The second kappa shape index (κ2) is 7.52. The van der Waals surface area contributed by atoms with Gasteiger partial charge < -0.3 is 14.5 Å². The predicted molar refractivity (Wildman–Crippen MR) is 93.6 cm³/mol. The standard InChI is InChI=1S/C19H27N3O3/c1-15(25-2)18(24)21-11-7-19(8-12-21)6-3-17(23)22(14-19)13-16-4-9-20-10-5-16/h4-5,9-10,15H,3,6-8,11-14H2,1-2H3. The van der Waals surface area contributed by atoms with Crippen LogP contribution in [0.4, 0.5) is 0 Å². The zero-order valence-electron chi connectivity index (χ0n) is 15.1. The molecule has 6 nitrogen and oxygen atoms in total. The van der Waals surface area contributed by atoms with Crippen LogP contribution in [0.3, 0.4) is 0 Å². The molecule has 1 aromatic heterocycles. The monoisotopic (exact) mass is 345 g/mol. The number of piperidine rings is 2. The fraction of sp³-hybridized carbons (Fsp3) is 0.632. The molecule has 0 saturated carbocycles. The largest absolute Gasteiger partial charge is 0.372 e. The van der Waals surface area contributed by atoms with E-state index >= 15 is 0 Å². The highest BCUT2D eigenvalue weighted by molar-refractivity contribution is 5.80. The predicted octanol–water partition coefficient (Wildman–Crippen LogP) is 1.85. The van der Waals surface area contributed by atoms with Crippen LogP contribution in [0.5, 0.6) is 0 Å². The van der Waals surface area contributed by atoms with Gasteiger partial charge in [0.1, 0.15) is 6.10 Å². The smallest absolute Gasteiger partial charge is 0.251 e. The Bertz CT molecular complexity index is 612. The number of nitrogens with zero attached hydrogens (tertiary/aromatic N) is 3. The lowest BCUT2D eigenvalue weighted by atomic mass is 9.72. The summed E-state index contributed by atoms with van der Waals surface area (Å²) in [6.07, 6.45) is 6.59. The zero-order chi connectivity index (χ0) is 17.9. The SMILES string of the molecule is COC(C)C(=O)N1CCC2(CCC(=O)N(Cc3ccncc3)C2)CC1. The molecule has 1 unspecified atom stereocenters. The summed E-state index contributed by atoms with van der Waals surface area (Å²) < 4.78 is 5.15. The summed E-state index contributed by atoms with van der Waals surface area (Å²) in [6.45, 7) is 4.73. The van der Waals surface area contributed by atoms with Gasteiger partial charge in [0.15, 0.2) is 0 Å². The average Bonchev–Trinajstić information content (AvgIpc) is 2.65. The van der Waals surface area contributed by atoms with Crippen molar-refractivity contribution in [2.24, 2.45) is 5.41 Å². The Hall–Kier alpha value is -1.95. The van der Waals surface area contributed by atoms with Crippen LogP contribution in [0.2, 0.25) is 0 Å². The summed E-state index contributed by atoms with van der Waals surface area (Å²) in [5, 5.41) is 0. The number of ether oxygens (including phenoxy) is 1. The van der Waals surface area contributed by atoms with E-state index in [0.717, 1.165) is 44.5 Å². The van der Waals surface area contributed by atoms with Crippen LogP contribution < -0.4 is 0 Å². The molecule has 2 saturated heterocycles. The van der Waals surface area contributed by atoms with Gasteiger partial charge >= 0.3 is 0 Å². The van der Waals surface area contributed by atoms with Crippen molar-refractivity contribution in [3.8, 4) is 0 Å². The molecule has 2 amide bonds. The van der Waals surface area contributed by atoms with Crippen LogP contribution >= 0.6 is 0 Å². The van der Waals surface area contributed by atoms with E-state index in [1.54, 1.807) is 26.4 Å². The molecule has 1 spiro atoms. The molecule has 0 aromatic carbocycles. The lowest BCUT2D eigenvalue weighted by Crippen LogP contribution is -2.53. The van der Waals surface area contributed by atoms with Crippen LogP contribution in [0, 0.1) is 5.41 Å². The summed E-state index contributed by atoms with van der Waals surface area (Å²) in [4.78, 5) is 32.6. The Kier molecular flexibility index (Phi) is 5.37. The molecule has 136 valence electrons. The van der Waals surface area contributed by atoms with Gasteiger partial charge in [-0.3, -0.25) is 14.6 Å². The van der Waals surface area contributed by atoms with Crippen molar-refractivity contribution in [1.29, 1.82) is 0 Å². The highest BCUT2D eigenvalue weighted by Crippen LogP contribution is 2.40. The normalized spacial score (nSPS) is 21.4. The fourth-order valence-corrected chi connectivity index (χ4v) is 3.92. The maximum absolute atomic E-state index is 12.4. The number of carbonyl (C=O) groups excluding carboxylic acids is 2. The summed E-state index contributed by atoms with van der Waals surface area (Å²) >= 11 is 0. The second-order valence-corrected chi connectivity index (χ2v) is 7.31. The number of pyridine rings is 1. The van der Waals surface area contributed by atoms with E-state index in [-0.39, 0.29) is 23.3 Å². The molecule has 25 heavy (non-hydrogen) atoms. The van der Waals surface area contributed by atoms with Gasteiger partial charge in [0.25, 0.3) is 5.91 Å². The molecule has 1 atom stereocenters. The Balaban J connectivity index is 1.61. The summed E-state index contributed by atoms with van der Waals surface area (Å²) in [6, 6.07) is 3.92. The third-order valence-electron chi connectivity index (χ3n) is 5.71. The number of likely N-dealkylation sites (tertiary alicyclic amines) is 2. The van der Waals surface area contributed by atoms with Crippen LogP contribution in [-0.2, 0) is 20.9 Å². The minimum absolute atomic E-state index is 0.0675. The molecule has 3 heterocycles. The first-order valence-electron chi connectivity index (χ1n) is 9.01. The second-order valence-electron chi connectivity index (χ2n) is 7.31. The van der Waals surface area contributed by atoms with E-state index in [1.807, 2.05) is 21.9 Å². The highest BCUT2D eigenvalue weighted by atomic mass is 16.5. The van der Waals surface area contributed by atoms with Crippen molar-refractivity contribution in [3.05, 3.63) is 30.1 Å². The Morgan fingerprint density at radius 2 is 1.96 bits per heavy atom. The Labute approximate surface area is 149 Å². The van der Waals surface area contributed by atoms with E-state index in [1.165, 1.54) is 0 Å². The van der Waals surface area contributed by atoms with Crippen molar-refractivity contribution < 1.29 is 14.3 Å². The zero-order valence-corrected chi connectivity index (χ0v) is 15.1. The first-order chi connectivity index (χ1) is 12.0. The number of hydrogen-bond acceptors (Lipinski definition) is 4. The minimum atomic E-state index is -0.384. The van der Waals surface area contributed by atoms with Crippen molar-refractivity contribution in [3.63, 3.8) is 0 Å². The Morgan fingerprint density at radius 3 is 2.60 bits per heavy atom. The molecule has 0 N–H and O–H groups in total. The number of rotatable bonds is 4. The van der Waals surface area contributed by atoms with Crippen molar-refractivity contribution in [2.75, 3.05) is 26.7 Å². The van der Waals surface area contributed by atoms with Gasteiger partial charge in [-0.25, -0.2) is 0 Å². The lowest BCUT2D eigenvalue weighted by molar-refractivity contribution is -0.147. The van der Waals surface area contributed by atoms with Gasteiger partial charge in [0, 0.05) is 52.1 Å². The molecule has 2 fully saturated rings. The number of aromatic nitrogens is 1. The van der Waals surface area contributed by atoms with E-state index in [2.05, 4.69) is 4.98 Å². The first kappa shape index (κ1) is 17.9. The van der Waals surface area contributed by atoms with Gasteiger partial charge in [0.05, 0.1) is 0 Å². The molecular weight excluding hydrogens is 318 g/mol. The highest BCUT2D eigenvalue weighted by Gasteiger charge is 2.42. The van der Waals surface area contributed by atoms with Gasteiger partial charge in [-0.1, -0.05) is 0 Å². The Morgan fingerprint density at radius 1 is 1.28 bits per heavy atom. The molecular formula is C19H27N3O3. The van der Waals surface area contributed by atoms with Crippen LogP contribution in [0.25, 0.3) is 0 Å². The average molecular weight is 345 g/mol. The summed E-state index contributed by atoms with van der Waals surface area (Å²) in [7, 11) is 1.57. The molecule has 0 radical (unpaired) electrons. The van der Waals surface area contributed by atoms with Gasteiger partial charge in [-0.2, -0.15) is 0 Å². The van der Waals surface area contributed by atoms with Crippen LogP contribution in [-0.4, -0.2) is 59.4 Å². The summed E-state index contributed by atoms with van der Waals surface area (Å²) in [5.74, 6) is 0.298. The third kappa shape index (κ3) is 4.00. The minimum Gasteiger partial charge on any atom is -0.372 e. The third-order valence-corrected chi connectivity index (χ3v) is 5.71. The molecule has 6 heteroatoms. The molecule has 2 aliphatic heterocycles. The van der Waals surface area contributed by atoms with Crippen molar-refractivity contribution >= 4 is 11.8 Å². The van der Waals surface area contributed by atoms with Crippen LogP contribution in [0.15, 0.2) is 24.5 Å². The molecule has 2 aliphatic rings.